The van der Waals surface area contributed by atoms with Crippen molar-refractivity contribution in [2.24, 2.45) is 0 Å². The maximum atomic E-state index is 11.9. The summed E-state index contributed by atoms with van der Waals surface area (Å²) in [6.07, 6.45) is 4.64. The number of pyridine rings is 1. The normalized spacial score (nSPS) is 18.2. The maximum Gasteiger partial charge on any atom is 0.222 e. The van der Waals surface area contributed by atoms with Gasteiger partial charge in [0.05, 0.1) is 36.2 Å². The van der Waals surface area contributed by atoms with E-state index in [9.17, 15) is 4.79 Å². The zero-order chi connectivity index (χ0) is 19.5. The maximum absolute atomic E-state index is 11.9. The fourth-order valence-electron chi connectivity index (χ4n) is 3.64. The number of rotatable bonds is 4. The van der Waals surface area contributed by atoms with E-state index in [1.807, 2.05) is 36.1 Å². The molecule has 1 aromatic heterocycles. The van der Waals surface area contributed by atoms with Gasteiger partial charge in [0.25, 0.3) is 0 Å². The van der Waals surface area contributed by atoms with Crippen molar-refractivity contribution in [3.63, 3.8) is 0 Å². The third-order valence-corrected chi connectivity index (χ3v) is 5.06. The number of anilines is 2. The minimum Gasteiger partial charge on any atom is -0.490 e. The summed E-state index contributed by atoms with van der Waals surface area (Å²) in [5.41, 5.74) is 2.26. The number of likely N-dealkylation sites (tertiary alicyclic amines) is 1. The molecule has 0 radical (unpaired) electrons. The molecule has 1 fully saturated rings. The summed E-state index contributed by atoms with van der Waals surface area (Å²) in [6, 6.07) is 9.71. The summed E-state index contributed by atoms with van der Waals surface area (Å²) < 4.78 is 11.9. The number of fused-ring (bicyclic) bond motifs is 1. The van der Waals surface area contributed by atoms with E-state index < -0.39 is 0 Å². The highest BCUT2D eigenvalue weighted by molar-refractivity contribution is 5.76. The molecule has 0 aliphatic carbocycles. The second-order valence-corrected chi connectivity index (χ2v) is 6.90. The van der Waals surface area contributed by atoms with Crippen molar-refractivity contribution in [1.82, 2.24) is 9.88 Å². The number of nitrogens with zero attached hydrogens (tertiary/aromatic N) is 4. The minimum absolute atomic E-state index is 0.00454. The molecule has 2 aromatic rings. The van der Waals surface area contributed by atoms with Crippen molar-refractivity contribution in [2.75, 3.05) is 31.1 Å². The van der Waals surface area contributed by atoms with E-state index in [2.05, 4.69) is 16.0 Å². The Hall–Kier alpha value is -3.27. The number of hydrogen-bond acceptors (Lipinski definition) is 6. The predicted octanol–water partition coefficient (Wildman–Crippen LogP) is 2.87. The molecule has 2 aliphatic heterocycles. The number of aromatic nitrogens is 1. The van der Waals surface area contributed by atoms with Gasteiger partial charge >= 0.3 is 0 Å². The van der Waals surface area contributed by atoms with Gasteiger partial charge in [0.2, 0.25) is 5.91 Å². The molecule has 0 saturated carbocycles. The fraction of sp³-hybridized carbons (Fsp3) is 0.381. The van der Waals surface area contributed by atoms with Gasteiger partial charge in [0, 0.05) is 31.6 Å². The first kappa shape index (κ1) is 18.1. The van der Waals surface area contributed by atoms with Gasteiger partial charge in [-0.3, -0.25) is 9.78 Å². The van der Waals surface area contributed by atoms with Crippen LogP contribution in [0.1, 0.15) is 25.3 Å². The van der Waals surface area contributed by atoms with Gasteiger partial charge in [-0.15, -0.1) is 0 Å². The summed E-state index contributed by atoms with van der Waals surface area (Å²) in [5, 5.41) is 9.16. The van der Waals surface area contributed by atoms with E-state index >= 15 is 0 Å². The molecule has 144 valence electrons. The first-order valence-corrected chi connectivity index (χ1v) is 9.52. The Labute approximate surface area is 164 Å². The summed E-state index contributed by atoms with van der Waals surface area (Å²) in [4.78, 5) is 20.0. The molecule has 7 heteroatoms. The van der Waals surface area contributed by atoms with Gasteiger partial charge in [-0.05, 0) is 18.2 Å². The Morgan fingerprint density at radius 1 is 1.36 bits per heavy atom. The molecule has 2 aliphatic rings. The van der Waals surface area contributed by atoms with Gasteiger partial charge in [-0.25, -0.2) is 0 Å². The number of carbonyl (C=O) groups excluding carboxylic acids is 1. The molecule has 0 N–H and O–H groups in total. The zero-order valence-electron chi connectivity index (χ0n) is 15.8. The molecule has 1 amide bonds. The van der Waals surface area contributed by atoms with Crippen LogP contribution in [-0.4, -0.2) is 48.1 Å². The van der Waals surface area contributed by atoms with E-state index in [1.54, 1.807) is 12.4 Å². The van der Waals surface area contributed by atoms with Crippen molar-refractivity contribution >= 4 is 17.3 Å². The lowest BCUT2D eigenvalue weighted by Gasteiger charge is -2.31. The van der Waals surface area contributed by atoms with E-state index in [-0.39, 0.29) is 12.0 Å². The highest BCUT2D eigenvalue weighted by Crippen LogP contribution is 2.39. The SMILES string of the molecule is CCC(=O)N1CCC(Oc2ccc3c(c2)N(c2cncc(C#N)c2)CCO3)C1. The molecule has 0 spiro atoms. The van der Waals surface area contributed by atoms with E-state index in [4.69, 9.17) is 14.7 Å². The molecule has 7 nitrogen and oxygen atoms in total. The van der Waals surface area contributed by atoms with Gasteiger partial charge in [0.1, 0.15) is 30.3 Å². The van der Waals surface area contributed by atoms with Crippen molar-refractivity contribution in [3.05, 3.63) is 42.2 Å². The largest absolute Gasteiger partial charge is 0.490 e. The Bertz CT molecular complexity index is 924. The summed E-state index contributed by atoms with van der Waals surface area (Å²) in [6.45, 7) is 4.46. The van der Waals surface area contributed by atoms with Crippen LogP contribution in [0.3, 0.4) is 0 Å². The third kappa shape index (κ3) is 3.58. The van der Waals surface area contributed by atoms with Crippen LogP contribution in [0.5, 0.6) is 11.5 Å². The Balaban J connectivity index is 1.55. The molecule has 1 aromatic carbocycles. The lowest BCUT2D eigenvalue weighted by molar-refractivity contribution is -0.130. The first-order valence-electron chi connectivity index (χ1n) is 9.52. The Kier molecular flexibility index (Phi) is 5.02. The molecule has 0 bridgehead atoms. The smallest absolute Gasteiger partial charge is 0.222 e. The average Bonchev–Trinajstić information content (AvgIpc) is 3.21. The standard InChI is InChI=1S/C21H22N4O3/c1-2-21(26)24-6-5-18(14-24)28-17-3-4-20-19(10-17)25(7-8-27-20)16-9-15(11-22)12-23-13-16/h3-4,9-10,12-13,18H,2,5-8,14H2,1H3. The second-order valence-electron chi connectivity index (χ2n) is 6.90. The number of benzene rings is 1. The summed E-state index contributed by atoms with van der Waals surface area (Å²) >= 11 is 0. The van der Waals surface area contributed by atoms with Crippen LogP contribution in [0.4, 0.5) is 11.4 Å². The van der Waals surface area contributed by atoms with Gasteiger partial charge in [-0.2, -0.15) is 5.26 Å². The number of carbonyl (C=O) groups is 1. The molecular formula is C21H22N4O3. The number of hydrogen-bond donors (Lipinski definition) is 0. The summed E-state index contributed by atoms with van der Waals surface area (Å²) in [7, 11) is 0. The van der Waals surface area contributed by atoms with Crippen LogP contribution in [0.2, 0.25) is 0 Å². The summed E-state index contributed by atoms with van der Waals surface area (Å²) in [5.74, 6) is 1.69. The molecule has 1 unspecified atom stereocenters. The first-order chi connectivity index (χ1) is 13.7. The van der Waals surface area contributed by atoms with Gasteiger partial charge in [0.15, 0.2) is 0 Å². The van der Waals surface area contributed by atoms with E-state index in [0.717, 1.165) is 35.8 Å². The highest BCUT2D eigenvalue weighted by Gasteiger charge is 2.27. The lowest BCUT2D eigenvalue weighted by Crippen LogP contribution is -2.30. The van der Waals surface area contributed by atoms with Crippen LogP contribution in [0.25, 0.3) is 0 Å². The molecular weight excluding hydrogens is 356 g/mol. The van der Waals surface area contributed by atoms with Crippen LogP contribution in [0.15, 0.2) is 36.7 Å². The van der Waals surface area contributed by atoms with Gasteiger partial charge < -0.3 is 19.3 Å². The highest BCUT2D eigenvalue weighted by atomic mass is 16.5. The minimum atomic E-state index is -0.00454. The number of nitriles is 1. The number of ether oxygens (including phenoxy) is 2. The predicted molar refractivity (Wildman–Crippen MR) is 104 cm³/mol. The lowest BCUT2D eigenvalue weighted by atomic mass is 10.2. The third-order valence-electron chi connectivity index (χ3n) is 5.06. The topological polar surface area (TPSA) is 78.7 Å². The van der Waals surface area contributed by atoms with Crippen molar-refractivity contribution in [2.45, 2.75) is 25.9 Å². The van der Waals surface area contributed by atoms with Gasteiger partial charge in [-0.1, -0.05) is 6.92 Å². The quantitative estimate of drug-likeness (QED) is 0.814. The average molecular weight is 378 g/mol. The van der Waals surface area contributed by atoms with Crippen molar-refractivity contribution in [1.29, 1.82) is 5.26 Å². The molecule has 3 heterocycles. The Morgan fingerprint density at radius 2 is 2.25 bits per heavy atom. The van der Waals surface area contributed by atoms with Crippen LogP contribution in [-0.2, 0) is 4.79 Å². The van der Waals surface area contributed by atoms with Crippen LogP contribution in [0, 0.1) is 11.3 Å². The number of amides is 1. The zero-order valence-corrected chi connectivity index (χ0v) is 15.8. The van der Waals surface area contributed by atoms with Crippen molar-refractivity contribution in [3.8, 4) is 17.6 Å². The molecule has 4 rings (SSSR count). The van der Waals surface area contributed by atoms with Crippen LogP contribution < -0.4 is 14.4 Å². The van der Waals surface area contributed by atoms with Crippen LogP contribution >= 0.6 is 0 Å². The second kappa shape index (κ2) is 7.77. The Morgan fingerprint density at radius 3 is 3.07 bits per heavy atom. The van der Waals surface area contributed by atoms with E-state index in [1.165, 1.54) is 0 Å². The molecule has 28 heavy (non-hydrogen) atoms. The molecule has 1 atom stereocenters. The fourth-order valence-corrected chi connectivity index (χ4v) is 3.64. The van der Waals surface area contributed by atoms with E-state index in [0.29, 0.717) is 31.7 Å². The van der Waals surface area contributed by atoms with Crippen molar-refractivity contribution < 1.29 is 14.3 Å². The molecule has 1 saturated heterocycles. The monoisotopic (exact) mass is 378 g/mol.